The minimum Gasteiger partial charge on any atom is -0.489 e. The molecule has 27 heavy (non-hydrogen) atoms. The van der Waals surface area contributed by atoms with Gasteiger partial charge in [-0.15, -0.1) is 0 Å². The standard InChI is InChI=1S/C20H20ClNO5/c1-2-13-6-3-4-7-16(13)22-18(23)12-27-20(24)14-10-15(21)19-17(11-14)25-8-5-9-26-19/h3-4,6-7,10-11H,2,5,8-9,12H2,1H3,(H,22,23). The molecular formula is C20H20ClNO5. The molecule has 1 N–H and O–H groups in total. The predicted octanol–water partition coefficient (Wildman–Crippen LogP) is 3.86. The third-order valence-corrected chi connectivity index (χ3v) is 4.33. The molecule has 0 unspecified atom stereocenters. The lowest BCUT2D eigenvalue weighted by molar-refractivity contribution is -0.119. The number of esters is 1. The molecule has 6 nitrogen and oxygen atoms in total. The van der Waals surface area contributed by atoms with Crippen molar-refractivity contribution in [3.05, 3.63) is 52.5 Å². The van der Waals surface area contributed by atoms with Crippen LogP contribution in [-0.2, 0) is 16.0 Å². The summed E-state index contributed by atoms with van der Waals surface area (Å²) in [7, 11) is 0. The Hall–Kier alpha value is -2.73. The summed E-state index contributed by atoms with van der Waals surface area (Å²) in [5.41, 5.74) is 1.91. The molecule has 2 aromatic rings. The molecule has 0 saturated heterocycles. The van der Waals surface area contributed by atoms with Gasteiger partial charge in [0.2, 0.25) is 0 Å². The van der Waals surface area contributed by atoms with Gasteiger partial charge >= 0.3 is 5.97 Å². The minimum absolute atomic E-state index is 0.200. The van der Waals surface area contributed by atoms with Gasteiger partial charge < -0.3 is 19.5 Å². The van der Waals surface area contributed by atoms with Gasteiger partial charge in [0, 0.05) is 12.1 Å². The SMILES string of the molecule is CCc1ccccc1NC(=O)COC(=O)c1cc(Cl)c2c(c1)OCCCO2. The van der Waals surface area contributed by atoms with E-state index in [1.807, 2.05) is 31.2 Å². The van der Waals surface area contributed by atoms with Gasteiger partial charge in [-0.1, -0.05) is 36.7 Å². The first-order valence-electron chi connectivity index (χ1n) is 8.72. The quantitative estimate of drug-likeness (QED) is 0.786. The average molecular weight is 390 g/mol. The summed E-state index contributed by atoms with van der Waals surface area (Å²) in [5.74, 6) is -0.260. The average Bonchev–Trinajstić information content (AvgIpc) is 2.92. The molecule has 0 saturated carbocycles. The topological polar surface area (TPSA) is 73.9 Å². The predicted molar refractivity (Wildman–Crippen MR) is 102 cm³/mol. The Morgan fingerprint density at radius 3 is 2.78 bits per heavy atom. The molecule has 0 aliphatic carbocycles. The number of carbonyl (C=O) groups excluding carboxylic acids is 2. The Balaban J connectivity index is 1.63. The summed E-state index contributed by atoms with van der Waals surface area (Å²) in [6.45, 7) is 2.57. The molecule has 1 aliphatic rings. The van der Waals surface area contributed by atoms with E-state index in [4.69, 9.17) is 25.8 Å². The van der Waals surface area contributed by atoms with Gasteiger partial charge in [0.15, 0.2) is 18.1 Å². The Kier molecular flexibility index (Phi) is 6.19. The molecule has 0 radical (unpaired) electrons. The number of hydrogen-bond acceptors (Lipinski definition) is 5. The summed E-state index contributed by atoms with van der Waals surface area (Å²) in [6, 6.07) is 10.4. The summed E-state index contributed by atoms with van der Waals surface area (Å²) in [5, 5.41) is 3.02. The second-order valence-corrected chi connectivity index (χ2v) is 6.38. The molecule has 1 heterocycles. The number of fused-ring (bicyclic) bond motifs is 1. The first kappa shape index (κ1) is 19.0. The number of nitrogens with one attached hydrogen (secondary N) is 1. The smallest absolute Gasteiger partial charge is 0.338 e. The molecule has 3 rings (SSSR count). The number of para-hydroxylation sites is 1. The van der Waals surface area contributed by atoms with Gasteiger partial charge in [-0.2, -0.15) is 0 Å². The highest BCUT2D eigenvalue weighted by Gasteiger charge is 2.20. The molecule has 0 bridgehead atoms. The van der Waals surface area contributed by atoms with Crippen LogP contribution in [0.1, 0.15) is 29.3 Å². The molecule has 2 aromatic carbocycles. The molecule has 142 valence electrons. The summed E-state index contributed by atoms with van der Waals surface area (Å²) < 4.78 is 16.2. The number of carbonyl (C=O) groups is 2. The summed E-state index contributed by atoms with van der Waals surface area (Å²) >= 11 is 6.18. The van der Waals surface area contributed by atoms with Crippen LogP contribution < -0.4 is 14.8 Å². The van der Waals surface area contributed by atoms with E-state index in [0.29, 0.717) is 30.4 Å². The monoisotopic (exact) mass is 389 g/mol. The van der Waals surface area contributed by atoms with Crippen LogP contribution in [0.4, 0.5) is 5.69 Å². The van der Waals surface area contributed by atoms with Crippen molar-refractivity contribution < 1.29 is 23.8 Å². The van der Waals surface area contributed by atoms with Gasteiger partial charge in [0.25, 0.3) is 5.91 Å². The number of benzene rings is 2. The van der Waals surface area contributed by atoms with Crippen molar-refractivity contribution in [3.8, 4) is 11.5 Å². The van der Waals surface area contributed by atoms with E-state index in [1.165, 1.54) is 12.1 Å². The molecule has 1 aliphatic heterocycles. The van der Waals surface area contributed by atoms with Gasteiger partial charge in [0.05, 0.1) is 23.8 Å². The second kappa shape index (κ2) is 8.77. The van der Waals surface area contributed by atoms with Crippen LogP contribution in [-0.4, -0.2) is 31.7 Å². The highest BCUT2D eigenvalue weighted by atomic mass is 35.5. The lowest BCUT2D eigenvalue weighted by atomic mass is 10.1. The van der Waals surface area contributed by atoms with E-state index in [9.17, 15) is 9.59 Å². The van der Waals surface area contributed by atoms with E-state index in [1.54, 1.807) is 0 Å². The van der Waals surface area contributed by atoms with Crippen LogP contribution in [0, 0.1) is 0 Å². The molecule has 1 amide bonds. The number of ether oxygens (including phenoxy) is 3. The third-order valence-electron chi connectivity index (χ3n) is 4.04. The number of hydrogen-bond donors (Lipinski definition) is 1. The van der Waals surface area contributed by atoms with Crippen LogP contribution >= 0.6 is 11.6 Å². The molecule has 0 atom stereocenters. The normalized spacial score (nSPS) is 12.8. The van der Waals surface area contributed by atoms with Crippen LogP contribution in [0.25, 0.3) is 0 Å². The molecule has 0 spiro atoms. The van der Waals surface area contributed by atoms with Crippen molar-refractivity contribution in [3.63, 3.8) is 0 Å². The molecular weight excluding hydrogens is 370 g/mol. The lowest BCUT2D eigenvalue weighted by Gasteiger charge is -2.12. The van der Waals surface area contributed by atoms with E-state index < -0.39 is 18.5 Å². The van der Waals surface area contributed by atoms with Gasteiger partial charge in [-0.3, -0.25) is 4.79 Å². The Bertz CT molecular complexity index is 852. The van der Waals surface area contributed by atoms with Crippen molar-refractivity contribution in [2.24, 2.45) is 0 Å². The number of aryl methyl sites for hydroxylation is 1. The Morgan fingerprint density at radius 2 is 1.96 bits per heavy atom. The van der Waals surface area contributed by atoms with E-state index >= 15 is 0 Å². The Labute approximate surface area is 162 Å². The van der Waals surface area contributed by atoms with Crippen LogP contribution in [0.5, 0.6) is 11.5 Å². The van der Waals surface area contributed by atoms with Crippen LogP contribution in [0.2, 0.25) is 5.02 Å². The van der Waals surface area contributed by atoms with Crippen molar-refractivity contribution in [1.29, 1.82) is 0 Å². The second-order valence-electron chi connectivity index (χ2n) is 5.97. The zero-order valence-electron chi connectivity index (χ0n) is 14.9. The van der Waals surface area contributed by atoms with Gasteiger partial charge in [-0.25, -0.2) is 4.79 Å². The van der Waals surface area contributed by atoms with E-state index in [2.05, 4.69) is 5.32 Å². The maximum atomic E-state index is 12.3. The minimum atomic E-state index is -0.661. The van der Waals surface area contributed by atoms with Gasteiger partial charge in [-0.05, 0) is 30.2 Å². The van der Waals surface area contributed by atoms with Crippen LogP contribution in [0.15, 0.2) is 36.4 Å². The highest BCUT2D eigenvalue weighted by molar-refractivity contribution is 6.32. The molecule has 0 aromatic heterocycles. The maximum Gasteiger partial charge on any atom is 0.338 e. The number of halogens is 1. The first-order chi connectivity index (χ1) is 13.1. The molecule has 0 fully saturated rings. The number of anilines is 1. The number of amides is 1. The molecule has 7 heteroatoms. The fraction of sp³-hybridized carbons (Fsp3) is 0.300. The maximum absolute atomic E-state index is 12.3. The lowest BCUT2D eigenvalue weighted by Crippen LogP contribution is -2.21. The fourth-order valence-corrected chi connectivity index (χ4v) is 2.97. The van der Waals surface area contributed by atoms with Crippen LogP contribution in [0.3, 0.4) is 0 Å². The van der Waals surface area contributed by atoms with E-state index in [-0.39, 0.29) is 10.6 Å². The van der Waals surface area contributed by atoms with E-state index in [0.717, 1.165) is 18.4 Å². The highest BCUT2D eigenvalue weighted by Crippen LogP contribution is 2.38. The number of rotatable bonds is 5. The van der Waals surface area contributed by atoms with Crippen molar-refractivity contribution in [2.45, 2.75) is 19.8 Å². The Morgan fingerprint density at radius 1 is 1.19 bits per heavy atom. The third kappa shape index (κ3) is 4.71. The summed E-state index contributed by atoms with van der Waals surface area (Å²) in [6.07, 6.45) is 1.51. The zero-order valence-corrected chi connectivity index (χ0v) is 15.7. The first-order valence-corrected chi connectivity index (χ1v) is 9.10. The largest absolute Gasteiger partial charge is 0.489 e. The zero-order chi connectivity index (χ0) is 19.2. The van der Waals surface area contributed by atoms with Crippen molar-refractivity contribution >= 4 is 29.2 Å². The van der Waals surface area contributed by atoms with Gasteiger partial charge in [0.1, 0.15) is 0 Å². The fourth-order valence-electron chi connectivity index (χ4n) is 2.70. The van der Waals surface area contributed by atoms with Crippen molar-refractivity contribution in [2.75, 3.05) is 25.1 Å². The summed E-state index contributed by atoms with van der Waals surface area (Å²) in [4.78, 5) is 24.4. The van der Waals surface area contributed by atoms with Crippen molar-refractivity contribution in [1.82, 2.24) is 0 Å².